The second-order valence-corrected chi connectivity index (χ2v) is 7.83. The highest BCUT2D eigenvalue weighted by molar-refractivity contribution is 6.01. The highest BCUT2D eigenvalue weighted by Gasteiger charge is 2.32. The van der Waals surface area contributed by atoms with E-state index in [9.17, 15) is 4.79 Å². The molecule has 1 fully saturated rings. The topological polar surface area (TPSA) is 54.9 Å². The summed E-state index contributed by atoms with van der Waals surface area (Å²) >= 11 is 0. The zero-order chi connectivity index (χ0) is 21.2. The third kappa shape index (κ3) is 3.86. The number of nitrogens with zero attached hydrogens (tertiary/aromatic N) is 3. The normalized spacial score (nSPS) is 15.8. The molecule has 1 amide bonds. The standard InChI is InChI=1S/C25H25N3O3/c1-30-20-9-7-19(8-10-20)24-22-17-28(16-18-5-3-2-4-6-18)25(29)21(22)15-23(26-24)27-11-13-31-14-12-27/h2-10,15H,11-14,16-17H2,1H3. The fourth-order valence-corrected chi connectivity index (χ4v) is 4.22. The van der Waals surface area contributed by atoms with Crippen molar-refractivity contribution in [2.75, 3.05) is 38.3 Å². The molecule has 1 saturated heterocycles. The van der Waals surface area contributed by atoms with Crippen molar-refractivity contribution in [1.29, 1.82) is 0 Å². The summed E-state index contributed by atoms with van der Waals surface area (Å²) in [7, 11) is 1.66. The van der Waals surface area contributed by atoms with Gasteiger partial charge in [0.15, 0.2) is 0 Å². The van der Waals surface area contributed by atoms with E-state index >= 15 is 0 Å². The van der Waals surface area contributed by atoms with Gasteiger partial charge in [-0.25, -0.2) is 4.98 Å². The van der Waals surface area contributed by atoms with Crippen molar-refractivity contribution in [3.63, 3.8) is 0 Å². The van der Waals surface area contributed by atoms with Gasteiger partial charge in [0, 0.05) is 37.3 Å². The first-order chi connectivity index (χ1) is 15.2. The maximum atomic E-state index is 13.4. The van der Waals surface area contributed by atoms with Gasteiger partial charge in [-0.3, -0.25) is 4.79 Å². The number of rotatable bonds is 5. The van der Waals surface area contributed by atoms with E-state index in [0.29, 0.717) is 26.3 Å². The van der Waals surface area contributed by atoms with Gasteiger partial charge in [-0.2, -0.15) is 0 Å². The molecule has 5 rings (SSSR count). The van der Waals surface area contributed by atoms with Gasteiger partial charge in [-0.05, 0) is 35.9 Å². The smallest absolute Gasteiger partial charge is 0.255 e. The van der Waals surface area contributed by atoms with Crippen molar-refractivity contribution in [2.45, 2.75) is 13.1 Å². The van der Waals surface area contributed by atoms with Crippen molar-refractivity contribution >= 4 is 11.7 Å². The van der Waals surface area contributed by atoms with Crippen LogP contribution >= 0.6 is 0 Å². The van der Waals surface area contributed by atoms with Crippen LogP contribution in [0, 0.1) is 0 Å². The first-order valence-electron chi connectivity index (χ1n) is 10.6. The van der Waals surface area contributed by atoms with Gasteiger partial charge in [-0.1, -0.05) is 30.3 Å². The lowest BCUT2D eigenvalue weighted by Gasteiger charge is -2.28. The molecule has 6 heteroatoms. The van der Waals surface area contributed by atoms with Crippen LogP contribution in [-0.2, 0) is 17.8 Å². The van der Waals surface area contributed by atoms with Crippen LogP contribution in [0.25, 0.3) is 11.3 Å². The van der Waals surface area contributed by atoms with Crippen LogP contribution in [0.2, 0.25) is 0 Å². The van der Waals surface area contributed by atoms with Gasteiger partial charge in [0.1, 0.15) is 11.6 Å². The molecule has 31 heavy (non-hydrogen) atoms. The molecule has 0 aliphatic carbocycles. The SMILES string of the molecule is COc1ccc(-c2nc(N3CCOCC3)cc3c2CN(Cc2ccccc2)C3=O)cc1. The number of hydrogen-bond acceptors (Lipinski definition) is 5. The summed E-state index contributed by atoms with van der Waals surface area (Å²) in [5.74, 6) is 1.69. The second kappa shape index (κ2) is 8.40. The molecule has 0 radical (unpaired) electrons. The average Bonchev–Trinajstić information content (AvgIpc) is 3.15. The second-order valence-electron chi connectivity index (χ2n) is 7.83. The number of morpholine rings is 1. The first kappa shape index (κ1) is 19.6. The van der Waals surface area contributed by atoms with Crippen LogP contribution < -0.4 is 9.64 Å². The summed E-state index contributed by atoms with van der Waals surface area (Å²) in [6.07, 6.45) is 0. The van der Waals surface area contributed by atoms with Crippen molar-refractivity contribution in [1.82, 2.24) is 9.88 Å². The largest absolute Gasteiger partial charge is 0.497 e. The number of carbonyl (C=O) groups is 1. The number of hydrogen-bond donors (Lipinski definition) is 0. The number of carbonyl (C=O) groups excluding carboxylic acids is 1. The highest BCUT2D eigenvalue weighted by atomic mass is 16.5. The van der Waals surface area contributed by atoms with Gasteiger partial charge in [0.05, 0.1) is 31.6 Å². The fourth-order valence-electron chi connectivity index (χ4n) is 4.22. The maximum Gasteiger partial charge on any atom is 0.255 e. The van der Waals surface area contributed by atoms with Crippen LogP contribution in [0.1, 0.15) is 21.5 Å². The fraction of sp³-hybridized carbons (Fsp3) is 0.280. The molecule has 2 aliphatic rings. The van der Waals surface area contributed by atoms with Crippen molar-refractivity contribution < 1.29 is 14.3 Å². The molecular formula is C25H25N3O3. The Morgan fingerprint density at radius 3 is 2.48 bits per heavy atom. The van der Waals surface area contributed by atoms with Gasteiger partial charge in [0.2, 0.25) is 0 Å². The molecule has 2 aromatic carbocycles. The molecule has 0 spiro atoms. The number of benzene rings is 2. The van der Waals surface area contributed by atoms with E-state index in [-0.39, 0.29) is 5.91 Å². The predicted molar refractivity (Wildman–Crippen MR) is 119 cm³/mol. The monoisotopic (exact) mass is 415 g/mol. The van der Waals surface area contributed by atoms with E-state index < -0.39 is 0 Å². The quantitative estimate of drug-likeness (QED) is 0.635. The van der Waals surface area contributed by atoms with E-state index in [0.717, 1.165) is 52.6 Å². The van der Waals surface area contributed by atoms with Crippen molar-refractivity contribution in [2.24, 2.45) is 0 Å². The van der Waals surface area contributed by atoms with Crippen LogP contribution in [0.5, 0.6) is 5.75 Å². The van der Waals surface area contributed by atoms with Gasteiger partial charge < -0.3 is 19.3 Å². The van der Waals surface area contributed by atoms with E-state index in [1.807, 2.05) is 53.4 Å². The summed E-state index contributed by atoms with van der Waals surface area (Å²) < 4.78 is 10.8. The first-order valence-corrected chi connectivity index (χ1v) is 10.6. The number of amides is 1. The maximum absolute atomic E-state index is 13.4. The summed E-state index contributed by atoms with van der Waals surface area (Å²) in [4.78, 5) is 22.5. The summed E-state index contributed by atoms with van der Waals surface area (Å²) in [5, 5.41) is 0. The lowest BCUT2D eigenvalue weighted by molar-refractivity contribution is 0.0767. The summed E-state index contributed by atoms with van der Waals surface area (Å²) in [5.41, 5.74) is 4.71. The predicted octanol–water partition coefficient (Wildman–Crippen LogP) is 3.75. The van der Waals surface area contributed by atoms with Gasteiger partial charge >= 0.3 is 0 Å². The number of pyridine rings is 1. The third-order valence-corrected chi connectivity index (χ3v) is 5.89. The molecule has 6 nitrogen and oxygen atoms in total. The minimum Gasteiger partial charge on any atom is -0.497 e. The van der Waals surface area contributed by atoms with Crippen LogP contribution in [-0.4, -0.2) is 49.2 Å². The molecular weight excluding hydrogens is 390 g/mol. The van der Waals surface area contributed by atoms with E-state index in [1.165, 1.54) is 0 Å². The minimum atomic E-state index is 0.0607. The zero-order valence-electron chi connectivity index (χ0n) is 17.6. The lowest BCUT2D eigenvalue weighted by Crippen LogP contribution is -2.37. The number of fused-ring (bicyclic) bond motifs is 1. The van der Waals surface area contributed by atoms with Crippen molar-refractivity contribution in [3.05, 3.63) is 77.4 Å². The molecule has 0 unspecified atom stereocenters. The Morgan fingerprint density at radius 1 is 1.03 bits per heavy atom. The van der Waals surface area contributed by atoms with Crippen molar-refractivity contribution in [3.8, 4) is 17.0 Å². The molecule has 3 aromatic rings. The lowest BCUT2D eigenvalue weighted by atomic mass is 10.0. The Bertz CT molecular complexity index is 1080. The highest BCUT2D eigenvalue weighted by Crippen LogP contribution is 2.35. The molecule has 1 aromatic heterocycles. The molecule has 0 bridgehead atoms. The Hall–Kier alpha value is -3.38. The van der Waals surface area contributed by atoms with Gasteiger partial charge in [-0.15, -0.1) is 0 Å². The number of methoxy groups -OCH3 is 1. The number of ether oxygens (including phenoxy) is 2. The Kier molecular flexibility index (Phi) is 5.30. The van der Waals surface area contributed by atoms with Crippen LogP contribution in [0.4, 0.5) is 5.82 Å². The molecule has 0 atom stereocenters. The molecule has 158 valence electrons. The summed E-state index contributed by atoms with van der Waals surface area (Å²) in [6, 6.07) is 20.0. The van der Waals surface area contributed by atoms with E-state index in [1.54, 1.807) is 7.11 Å². The number of anilines is 1. The Labute approximate surface area is 182 Å². The van der Waals surface area contributed by atoms with Crippen LogP contribution in [0.3, 0.4) is 0 Å². The zero-order valence-corrected chi connectivity index (χ0v) is 17.6. The third-order valence-electron chi connectivity index (χ3n) is 5.89. The average molecular weight is 415 g/mol. The van der Waals surface area contributed by atoms with E-state index in [2.05, 4.69) is 17.0 Å². The Balaban J connectivity index is 1.55. The number of aromatic nitrogens is 1. The molecule has 3 heterocycles. The molecule has 2 aliphatic heterocycles. The van der Waals surface area contributed by atoms with Gasteiger partial charge in [0.25, 0.3) is 5.91 Å². The summed E-state index contributed by atoms with van der Waals surface area (Å²) in [6.45, 7) is 4.03. The molecule has 0 saturated carbocycles. The van der Waals surface area contributed by atoms with E-state index in [4.69, 9.17) is 14.5 Å². The van der Waals surface area contributed by atoms with Crippen LogP contribution in [0.15, 0.2) is 60.7 Å². The minimum absolute atomic E-state index is 0.0607. The molecule has 0 N–H and O–H groups in total. The Morgan fingerprint density at radius 2 is 1.77 bits per heavy atom.